The van der Waals surface area contributed by atoms with Crippen LogP contribution in [0.4, 0.5) is 10.1 Å². The Balaban J connectivity index is 2.30. The van der Waals surface area contributed by atoms with Gasteiger partial charge in [-0.05, 0) is 36.1 Å². The topological polar surface area (TPSA) is 50.8 Å². The van der Waals surface area contributed by atoms with Crippen LogP contribution in [0.25, 0.3) is 0 Å². The number of benzene rings is 1. The highest BCUT2D eigenvalue weighted by molar-refractivity contribution is 9.10. The van der Waals surface area contributed by atoms with Gasteiger partial charge >= 0.3 is 0 Å². The van der Waals surface area contributed by atoms with Gasteiger partial charge in [-0.3, -0.25) is 9.69 Å². The van der Waals surface area contributed by atoms with Crippen LogP contribution < -0.4 is 14.8 Å². The molecular formula is C16H18BrFN2O3S. The molecule has 0 bridgehead atoms. The van der Waals surface area contributed by atoms with Gasteiger partial charge in [-0.1, -0.05) is 0 Å². The number of nitrogens with zero attached hydrogens (tertiary/aromatic N) is 1. The van der Waals surface area contributed by atoms with Gasteiger partial charge in [-0.15, -0.1) is 11.3 Å². The van der Waals surface area contributed by atoms with Gasteiger partial charge in [0.25, 0.3) is 0 Å². The van der Waals surface area contributed by atoms with E-state index in [4.69, 9.17) is 9.47 Å². The zero-order valence-electron chi connectivity index (χ0n) is 13.7. The first-order valence-corrected chi connectivity index (χ1v) is 8.67. The third kappa shape index (κ3) is 4.06. The van der Waals surface area contributed by atoms with Gasteiger partial charge in [0.2, 0.25) is 5.91 Å². The maximum absolute atomic E-state index is 14.2. The van der Waals surface area contributed by atoms with Crippen LogP contribution >= 0.6 is 27.3 Å². The fraction of sp³-hybridized carbons (Fsp3) is 0.312. The monoisotopic (exact) mass is 416 g/mol. The van der Waals surface area contributed by atoms with Crippen LogP contribution in [0.15, 0.2) is 28.1 Å². The van der Waals surface area contributed by atoms with Crippen LogP contribution in [0.5, 0.6) is 11.5 Å². The number of rotatable bonds is 6. The summed E-state index contributed by atoms with van der Waals surface area (Å²) in [7, 11) is 6.46. The van der Waals surface area contributed by atoms with Gasteiger partial charge in [-0.2, -0.15) is 0 Å². The molecule has 5 nitrogen and oxygen atoms in total. The first-order chi connectivity index (χ1) is 11.4. The summed E-state index contributed by atoms with van der Waals surface area (Å²) in [6.07, 6.45) is 0. The smallest absolute Gasteiger partial charge is 0.247 e. The average molecular weight is 417 g/mol. The summed E-state index contributed by atoms with van der Waals surface area (Å²) in [6, 6.07) is 3.93. The molecule has 8 heteroatoms. The van der Waals surface area contributed by atoms with Crippen molar-refractivity contribution in [3.05, 3.63) is 38.7 Å². The minimum atomic E-state index is -0.592. The van der Waals surface area contributed by atoms with Crippen molar-refractivity contribution in [2.45, 2.75) is 6.04 Å². The molecule has 1 N–H and O–H groups in total. The van der Waals surface area contributed by atoms with E-state index in [1.807, 2.05) is 11.4 Å². The number of hydrogen-bond acceptors (Lipinski definition) is 5. The number of thiophene rings is 1. The van der Waals surface area contributed by atoms with E-state index in [-0.39, 0.29) is 17.3 Å². The molecule has 0 saturated heterocycles. The van der Waals surface area contributed by atoms with E-state index in [1.54, 1.807) is 19.0 Å². The number of carbonyl (C=O) groups is 1. The zero-order chi connectivity index (χ0) is 17.9. The van der Waals surface area contributed by atoms with Crippen molar-refractivity contribution < 1.29 is 18.7 Å². The quantitative estimate of drug-likeness (QED) is 0.775. The molecule has 130 valence electrons. The number of methoxy groups -OCH3 is 2. The summed E-state index contributed by atoms with van der Waals surface area (Å²) in [5.74, 6) is -0.319. The number of halogens is 2. The van der Waals surface area contributed by atoms with Crippen LogP contribution in [0, 0.1) is 5.82 Å². The minimum absolute atomic E-state index is 0.0418. The van der Waals surface area contributed by atoms with Gasteiger partial charge in [0, 0.05) is 26.9 Å². The largest absolute Gasteiger partial charge is 0.493 e. The third-order valence-corrected chi connectivity index (χ3v) is 5.10. The summed E-state index contributed by atoms with van der Waals surface area (Å²) in [5, 5.41) is 4.52. The lowest BCUT2D eigenvalue weighted by atomic mass is 10.2. The number of nitrogens with one attached hydrogen (secondary N) is 1. The predicted octanol–water partition coefficient (Wildman–Crippen LogP) is 3.91. The number of hydrogen-bond donors (Lipinski definition) is 1. The Morgan fingerprint density at radius 2 is 1.88 bits per heavy atom. The standard InChI is InChI=1S/C16H18BrFN2O3S/c1-20(2)15(14-5-9(17)8-24-14)16(21)19-11-7-13(23-4)12(22-3)6-10(11)18/h5-8,15H,1-4H3,(H,19,21)/t15-/m1/s1. The van der Waals surface area contributed by atoms with Gasteiger partial charge < -0.3 is 14.8 Å². The van der Waals surface area contributed by atoms with E-state index in [0.717, 1.165) is 9.35 Å². The summed E-state index contributed by atoms with van der Waals surface area (Å²) < 4.78 is 25.3. The molecule has 0 radical (unpaired) electrons. The molecule has 24 heavy (non-hydrogen) atoms. The molecule has 1 amide bonds. The Hall–Kier alpha value is -1.64. The van der Waals surface area contributed by atoms with Gasteiger partial charge in [0.05, 0.1) is 19.9 Å². The van der Waals surface area contributed by atoms with Gasteiger partial charge in [-0.25, -0.2) is 4.39 Å². The predicted molar refractivity (Wildman–Crippen MR) is 96.6 cm³/mol. The van der Waals surface area contributed by atoms with E-state index < -0.39 is 11.9 Å². The highest BCUT2D eigenvalue weighted by Gasteiger charge is 2.26. The first kappa shape index (κ1) is 18.7. The summed E-state index contributed by atoms with van der Waals surface area (Å²) >= 11 is 4.84. The molecule has 0 saturated carbocycles. The van der Waals surface area contributed by atoms with E-state index >= 15 is 0 Å². The number of carbonyl (C=O) groups excluding carboxylic acids is 1. The Bertz CT molecular complexity index is 736. The molecule has 0 aliphatic heterocycles. The number of likely N-dealkylation sites (N-methyl/N-ethyl adjacent to an activating group) is 1. The maximum atomic E-state index is 14.2. The van der Waals surface area contributed by atoms with Crippen molar-refractivity contribution in [2.75, 3.05) is 33.6 Å². The van der Waals surface area contributed by atoms with Crippen molar-refractivity contribution in [3.8, 4) is 11.5 Å². The molecule has 2 rings (SSSR count). The zero-order valence-corrected chi connectivity index (χ0v) is 16.1. The SMILES string of the molecule is COc1cc(F)c(NC(=O)[C@@H](c2cc(Br)cs2)N(C)C)cc1OC. The Morgan fingerprint density at radius 3 is 2.38 bits per heavy atom. The molecule has 2 aromatic rings. The fourth-order valence-corrected chi connectivity index (χ4v) is 3.88. The van der Waals surface area contributed by atoms with Crippen molar-refractivity contribution >= 4 is 38.9 Å². The van der Waals surface area contributed by atoms with Gasteiger partial charge in [0.1, 0.15) is 6.04 Å². The molecule has 1 aromatic heterocycles. The second kappa shape index (κ2) is 7.96. The number of anilines is 1. The summed E-state index contributed by atoms with van der Waals surface area (Å²) in [4.78, 5) is 15.3. The Labute approximate surface area is 152 Å². The van der Waals surface area contributed by atoms with E-state index in [2.05, 4.69) is 21.2 Å². The maximum Gasteiger partial charge on any atom is 0.247 e. The Kier molecular flexibility index (Phi) is 6.20. The van der Waals surface area contributed by atoms with E-state index in [0.29, 0.717) is 5.75 Å². The van der Waals surface area contributed by atoms with Crippen molar-refractivity contribution in [2.24, 2.45) is 0 Å². The van der Waals surface area contributed by atoms with E-state index in [9.17, 15) is 9.18 Å². The number of ether oxygens (including phenoxy) is 2. The molecule has 0 unspecified atom stereocenters. The lowest BCUT2D eigenvalue weighted by Crippen LogP contribution is -2.31. The Morgan fingerprint density at radius 1 is 1.25 bits per heavy atom. The van der Waals surface area contributed by atoms with Crippen LogP contribution in [-0.2, 0) is 4.79 Å². The molecule has 0 aliphatic carbocycles. The van der Waals surface area contributed by atoms with E-state index in [1.165, 1.54) is 37.7 Å². The highest BCUT2D eigenvalue weighted by Crippen LogP contribution is 2.34. The van der Waals surface area contributed by atoms with Crippen LogP contribution in [0.2, 0.25) is 0 Å². The van der Waals surface area contributed by atoms with Crippen LogP contribution in [0.3, 0.4) is 0 Å². The summed E-state index contributed by atoms with van der Waals surface area (Å²) in [6.45, 7) is 0. The van der Waals surface area contributed by atoms with Crippen molar-refractivity contribution in [1.29, 1.82) is 0 Å². The average Bonchev–Trinajstić information content (AvgIpc) is 2.94. The lowest BCUT2D eigenvalue weighted by Gasteiger charge is -2.22. The molecule has 1 heterocycles. The molecule has 1 aromatic carbocycles. The van der Waals surface area contributed by atoms with Crippen LogP contribution in [-0.4, -0.2) is 39.1 Å². The van der Waals surface area contributed by atoms with Crippen LogP contribution in [0.1, 0.15) is 10.9 Å². The van der Waals surface area contributed by atoms with Gasteiger partial charge in [0.15, 0.2) is 17.3 Å². The first-order valence-electron chi connectivity index (χ1n) is 7.00. The molecule has 0 spiro atoms. The third-order valence-electron chi connectivity index (χ3n) is 3.35. The second-order valence-corrected chi connectivity index (χ2v) is 7.07. The molecule has 0 fully saturated rings. The minimum Gasteiger partial charge on any atom is -0.493 e. The molecule has 1 atom stereocenters. The highest BCUT2D eigenvalue weighted by atomic mass is 79.9. The fourth-order valence-electron chi connectivity index (χ4n) is 2.24. The molecular weight excluding hydrogens is 399 g/mol. The second-order valence-electron chi connectivity index (χ2n) is 5.21. The van der Waals surface area contributed by atoms with Crippen molar-refractivity contribution in [1.82, 2.24) is 4.90 Å². The lowest BCUT2D eigenvalue weighted by molar-refractivity contribution is -0.120. The molecule has 0 aliphatic rings. The van der Waals surface area contributed by atoms with Crippen molar-refractivity contribution in [3.63, 3.8) is 0 Å². The summed E-state index contributed by atoms with van der Waals surface area (Å²) in [5.41, 5.74) is 0.0418. The normalized spacial score (nSPS) is 12.1. The number of amides is 1.